The van der Waals surface area contributed by atoms with Crippen molar-refractivity contribution in [2.24, 2.45) is 0 Å². The molecule has 3 nitrogen and oxygen atoms in total. The lowest BCUT2D eigenvalue weighted by Crippen LogP contribution is -2.09. The van der Waals surface area contributed by atoms with Crippen LogP contribution in [0.2, 0.25) is 0 Å². The number of rotatable bonds is 7. The van der Waals surface area contributed by atoms with Gasteiger partial charge in [-0.05, 0) is 31.4 Å². The molecule has 92 valence electrons. The lowest BCUT2D eigenvalue weighted by molar-refractivity contribution is 0.0761. The Kier molecular flexibility index (Phi) is 4.15. The van der Waals surface area contributed by atoms with Gasteiger partial charge in [0.1, 0.15) is 12.4 Å². The second kappa shape index (κ2) is 5.82. The molecule has 0 atom stereocenters. The summed E-state index contributed by atoms with van der Waals surface area (Å²) in [6.45, 7) is 2.80. The van der Waals surface area contributed by atoms with Gasteiger partial charge in [0.2, 0.25) is 0 Å². The highest BCUT2D eigenvalue weighted by Gasteiger charge is 2.23. The first kappa shape index (κ1) is 12.1. The zero-order valence-electron chi connectivity index (χ0n) is 10.1. The average Bonchev–Trinajstić information content (AvgIpc) is 3.13. The Labute approximate surface area is 102 Å². The maximum atomic E-state index is 11.8. The van der Waals surface area contributed by atoms with Crippen molar-refractivity contribution in [3.05, 3.63) is 29.8 Å². The number of carbonyl (C=O) groups is 1. The predicted molar refractivity (Wildman–Crippen MR) is 65.5 cm³/mol. The highest BCUT2D eigenvalue weighted by atomic mass is 16.5. The summed E-state index contributed by atoms with van der Waals surface area (Å²) in [5, 5.41) is 0. The maximum absolute atomic E-state index is 11.8. The molecular formula is C14H18O3. The molecule has 1 aromatic carbocycles. The molecule has 0 heterocycles. The molecule has 0 radical (unpaired) electrons. The van der Waals surface area contributed by atoms with Crippen molar-refractivity contribution in [1.29, 1.82) is 0 Å². The molecule has 0 N–H and O–H groups in total. The molecule has 1 aliphatic rings. The molecule has 0 amide bonds. The van der Waals surface area contributed by atoms with Crippen LogP contribution in [0.5, 0.6) is 5.75 Å². The van der Waals surface area contributed by atoms with Gasteiger partial charge in [-0.25, -0.2) is 0 Å². The van der Waals surface area contributed by atoms with Crippen LogP contribution in [0.1, 0.15) is 36.5 Å². The molecular weight excluding hydrogens is 216 g/mol. The summed E-state index contributed by atoms with van der Waals surface area (Å²) < 4.78 is 10.9. The van der Waals surface area contributed by atoms with Crippen LogP contribution in [0.3, 0.4) is 0 Å². The minimum absolute atomic E-state index is 0.0136. The number of benzene rings is 1. The van der Waals surface area contributed by atoms with Crippen molar-refractivity contribution in [2.75, 3.05) is 13.2 Å². The fourth-order valence-corrected chi connectivity index (χ4v) is 1.51. The number of hydrogen-bond donors (Lipinski definition) is 0. The number of hydrogen-bond acceptors (Lipinski definition) is 3. The average molecular weight is 234 g/mol. The van der Waals surface area contributed by atoms with Gasteiger partial charge in [-0.1, -0.05) is 19.1 Å². The van der Waals surface area contributed by atoms with Gasteiger partial charge in [-0.2, -0.15) is 0 Å². The number of Topliss-reactive ketones (excluding diaryl/α,β-unsaturated/α-hetero) is 1. The van der Waals surface area contributed by atoms with Gasteiger partial charge in [0.25, 0.3) is 0 Å². The topological polar surface area (TPSA) is 35.5 Å². The van der Waals surface area contributed by atoms with E-state index in [1.165, 1.54) is 0 Å². The van der Waals surface area contributed by atoms with E-state index < -0.39 is 0 Å². The Morgan fingerprint density at radius 1 is 1.41 bits per heavy atom. The molecule has 1 aliphatic carbocycles. The number of ether oxygens (including phenoxy) is 2. The molecule has 0 spiro atoms. The first-order valence-electron chi connectivity index (χ1n) is 6.17. The highest BCUT2D eigenvalue weighted by Crippen LogP contribution is 2.27. The minimum Gasteiger partial charge on any atom is -0.490 e. The van der Waals surface area contributed by atoms with Crippen LogP contribution in [0, 0.1) is 0 Å². The Morgan fingerprint density at radius 3 is 2.94 bits per heavy atom. The molecule has 0 aliphatic heterocycles. The van der Waals surface area contributed by atoms with E-state index in [9.17, 15) is 4.79 Å². The van der Waals surface area contributed by atoms with E-state index in [-0.39, 0.29) is 12.4 Å². The van der Waals surface area contributed by atoms with Crippen LogP contribution in [0.4, 0.5) is 0 Å². The highest BCUT2D eigenvalue weighted by molar-refractivity contribution is 5.97. The number of ketones is 1. The van der Waals surface area contributed by atoms with Crippen LogP contribution in [-0.4, -0.2) is 25.1 Å². The molecule has 1 aromatic rings. The Hall–Kier alpha value is -1.35. The SMILES string of the molecule is CCCOCC(=O)c1cccc(OC2CC2)c1. The third-order valence-corrected chi connectivity index (χ3v) is 2.56. The van der Waals surface area contributed by atoms with Crippen LogP contribution in [-0.2, 0) is 4.74 Å². The Morgan fingerprint density at radius 2 is 2.24 bits per heavy atom. The van der Waals surface area contributed by atoms with Gasteiger partial charge in [0, 0.05) is 12.2 Å². The van der Waals surface area contributed by atoms with Crippen LogP contribution >= 0.6 is 0 Å². The van der Waals surface area contributed by atoms with Crippen LogP contribution < -0.4 is 4.74 Å². The summed E-state index contributed by atoms with van der Waals surface area (Å²) >= 11 is 0. The van der Waals surface area contributed by atoms with Crippen molar-refractivity contribution in [3.8, 4) is 5.75 Å². The molecule has 0 bridgehead atoms. The summed E-state index contributed by atoms with van der Waals surface area (Å²) in [5.41, 5.74) is 0.666. The molecule has 3 heteroatoms. The fraction of sp³-hybridized carbons (Fsp3) is 0.500. The molecule has 0 aromatic heterocycles. The van der Waals surface area contributed by atoms with Crippen LogP contribution in [0.15, 0.2) is 24.3 Å². The molecule has 2 rings (SSSR count). The Bertz CT molecular complexity index is 383. The monoisotopic (exact) mass is 234 g/mol. The van der Waals surface area contributed by atoms with E-state index in [0.717, 1.165) is 25.0 Å². The maximum Gasteiger partial charge on any atom is 0.188 e. The summed E-state index contributed by atoms with van der Waals surface area (Å²) in [4.78, 5) is 11.8. The lowest BCUT2D eigenvalue weighted by atomic mass is 10.1. The van der Waals surface area contributed by atoms with Crippen LogP contribution in [0.25, 0.3) is 0 Å². The van der Waals surface area contributed by atoms with Gasteiger partial charge < -0.3 is 9.47 Å². The molecule has 0 unspecified atom stereocenters. The minimum atomic E-state index is 0.0136. The summed E-state index contributed by atoms with van der Waals surface area (Å²) in [6.07, 6.45) is 3.53. The standard InChI is InChI=1S/C14H18O3/c1-2-8-16-10-14(15)11-4-3-5-13(9-11)17-12-6-7-12/h3-5,9,12H,2,6-8,10H2,1H3. The number of carbonyl (C=O) groups excluding carboxylic acids is 1. The van der Waals surface area contributed by atoms with Gasteiger partial charge in [-0.15, -0.1) is 0 Å². The summed E-state index contributed by atoms with van der Waals surface area (Å²) in [5.74, 6) is 0.800. The third-order valence-electron chi connectivity index (χ3n) is 2.56. The molecule has 17 heavy (non-hydrogen) atoms. The van der Waals surface area contributed by atoms with E-state index in [2.05, 4.69) is 0 Å². The van der Waals surface area contributed by atoms with Gasteiger partial charge in [0.05, 0.1) is 6.10 Å². The Balaban J connectivity index is 1.91. The van der Waals surface area contributed by atoms with E-state index in [0.29, 0.717) is 18.3 Å². The second-order valence-electron chi connectivity index (χ2n) is 4.32. The predicted octanol–water partition coefficient (Wildman–Crippen LogP) is 2.84. The first-order chi connectivity index (χ1) is 8.29. The van der Waals surface area contributed by atoms with Crippen molar-refractivity contribution in [2.45, 2.75) is 32.3 Å². The van der Waals surface area contributed by atoms with Gasteiger partial charge >= 0.3 is 0 Å². The largest absolute Gasteiger partial charge is 0.490 e. The van der Waals surface area contributed by atoms with Gasteiger partial charge in [0.15, 0.2) is 5.78 Å². The second-order valence-corrected chi connectivity index (χ2v) is 4.32. The van der Waals surface area contributed by atoms with Crippen molar-refractivity contribution >= 4 is 5.78 Å². The zero-order valence-corrected chi connectivity index (χ0v) is 10.1. The molecule has 0 saturated heterocycles. The zero-order chi connectivity index (χ0) is 12.1. The molecule has 1 saturated carbocycles. The fourth-order valence-electron chi connectivity index (χ4n) is 1.51. The molecule has 1 fully saturated rings. The van der Waals surface area contributed by atoms with E-state index in [1.54, 1.807) is 12.1 Å². The van der Waals surface area contributed by atoms with Crippen molar-refractivity contribution in [3.63, 3.8) is 0 Å². The summed E-state index contributed by atoms with van der Waals surface area (Å²) in [7, 11) is 0. The first-order valence-corrected chi connectivity index (χ1v) is 6.17. The summed E-state index contributed by atoms with van der Waals surface area (Å²) in [6, 6.07) is 7.35. The third kappa shape index (κ3) is 3.86. The van der Waals surface area contributed by atoms with Crippen molar-refractivity contribution in [1.82, 2.24) is 0 Å². The van der Waals surface area contributed by atoms with E-state index in [1.807, 2.05) is 19.1 Å². The quantitative estimate of drug-likeness (QED) is 0.537. The smallest absolute Gasteiger partial charge is 0.188 e. The lowest BCUT2D eigenvalue weighted by Gasteiger charge is -2.06. The van der Waals surface area contributed by atoms with Gasteiger partial charge in [-0.3, -0.25) is 4.79 Å². The van der Waals surface area contributed by atoms with Crippen molar-refractivity contribution < 1.29 is 14.3 Å². The normalized spacial score (nSPS) is 14.6. The van der Waals surface area contributed by atoms with E-state index in [4.69, 9.17) is 9.47 Å². The van der Waals surface area contributed by atoms with E-state index >= 15 is 0 Å².